The normalized spacial score (nSPS) is 32.1. The van der Waals surface area contributed by atoms with Crippen LogP contribution in [-0.4, -0.2) is 74.4 Å². The lowest BCUT2D eigenvalue weighted by Crippen LogP contribution is -2.63. The smallest absolute Gasteiger partial charge is 0.173 e. The highest BCUT2D eigenvalue weighted by atomic mass is 16.6. The van der Waals surface area contributed by atoms with Crippen molar-refractivity contribution >= 4 is 0 Å². The molecule has 8 nitrogen and oxygen atoms in total. The second-order valence-corrected chi connectivity index (χ2v) is 5.27. The Kier molecular flexibility index (Phi) is 5.57. The van der Waals surface area contributed by atoms with Crippen LogP contribution < -0.4 is 5.32 Å². The number of aliphatic hydroxyl groups is 4. The van der Waals surface area contributed by atoms with E-state index < -0.39 is 37.3 Å². The lowest BCUT2D eigenvalue weighted by molar-refractivity contribution is -0.254. The number of ether oxygens (including phenoxy) is 1. The first-order valence-electron chi connectivity index (χ1n) is 6.98. The second-order valence-electron chi connectivity index (χ2n) is 5.27. The summed E-state index contributed by atoms with van der Waals surface area (Å²) < 4.78 is 5.02. The molecule has 5 atom stereocenters. The molecule has 1 aliphatic heterocycles. The molecule has 1 unspecified atom stereocenters. The Morgan fingerprint density at radius 1 is 1.09 bits per heavy atom. The molecule has 1 aromatic rings. The molecule has 22 heavy (non-hydrogen) atoms. The minimum absolute atomic E-state index is 0.0427. The molecule has 0 spiro atoms. The number of nitrogens with one attached hydrogen (secondary N) is 1. The molecule has 0 saturated carbocycles. The molecule has 0 amide bonds. The highest BCUT2D eigenvalue weighted by molar-refractivity contribution is 5.39. The number of phenolic OH excluding ortho intramolecular Hbond substituents is 2. The van der Waals surface area contributed by atoms with E-state index in [1.54, 1.807) is 6.07 Å². The van der Waals surface area contributed by atoms with Crippen molar-refractivity contribution in [1.82, 2.24) is 5.32 Å². The molecule has 1 saturated heterocycles. The van der Waals surface area contributed by atoms with E-state index in [1.807, 2.05) is 0 Å². The summed E-state index contributed by atoms with van der Waals surface area (Å²) in [5, 5.41) is 60.2. The molecule has 8 heteroatoms. The van der Waals surface area contributed by atoms with Gasteiger partial charge in [-0.05, 0) is 24.6 Å². The summed E-state index contributed by atoms with van der Waals surface area (Å²) in [5.74, 6) is -0.0953. The van der Waals surface area contributed by atoms with Gasteiger partial charge in [-0.3, -0.25) is 0 Å². The number of aliphatic hydroxyl groups excluding tert-OH is 4. The molecule has 0 radical (unpaired) electrons. The molecular weight excluding hydrogens is 294 g/mol. The second kappa shape index (κ2) is 7.23. The third kappa shape index (κ3) is 3.67. The average Bonchev–Trinajstić information content (AvgIpc) is 2.48. The van der Waals surface area contributed by atoms with Crippen LogP contribution in [0.2, 0.25) is 0 Å². The van der Waals surface area contributed by atoms with Gasteiger partial charge in [0.1, 0.15) is 29.8 Å². The molecule has 124 valence electrons. The standard InChI is InChI=1S/C14H21NO7/c16-6-10-12(19)13(20)11(14(21)22-10)15-4-3-7-1-2-8(17)5-9(7)18/h1-2,5,10-21H,3-4,6H2/t10-,11+,12-,13-,14?/m1/s1. The van der Waals surface area contributed by atoms with Crippen molar-refractivity contribution in [2.45, 2.75) is 37.1 Å². The molecule has 1 fully saturated rings. The van der Waals surface area contributed by atoms with E-state index in [4.69, 9.17) is 9.84 Å². The van der Waals surface area contributed by atoms with Gasteiger partial charge in [0.05, 0.1) is 12.6 Å². The number of hydrogen-bond donors (Lipinski definition) is 7. The highest BCUT2D eigenvalue weighted by Crippen LogP contribution is 2.23. The van der Waals surface area contributed by atoms with Crippen LogP contribution in [0.15, 0.2) is 18.2 Å². The zero-order valence-electron chi connectivity index (χ0n) is 11.8. The topological polar surface area (TPSA) is 143 Å². The van der Waals surface area contributed by atoms with Crippen LogP contribution in [0, 0.1) is 0 Å². The van der Waals surface area contributed by atoms with Crippen molar-refractivity contribution in [3.05, 3.63) is 23.8 Å². The van der Waals surface area contributed by atoms with Crippen LogP contribution in [0.3, 0.4) is 0 Å². The lowest BCUT2D eigenvalue weighted by Gasteiger charge is -2.40. The van der Waals surface area contributed by atoms with Gasteiger partial charge >= 0.3 is 0 Å². The van der Waals surface area contributed by atoms with Gasteiger partial charge in [-0.1, -0.05) is 6.07 Å². The number of hydrogen-bond acceptors (Lipinski definition) is 8. The molecular formula is C14H21NO7. The number of rotatable bonds is 5. The zero-order chi connectivity index (χ0) is 16.3. The van der Waals surface area contributed by atoms with Gasteiger partial charge < -0.3 is 40.7 Å². The predicted octanol–water partition coefficient (Wildman–Crippen LogP) is -1.97. The Balaban J connectivity index is 1.90. The molecule has 2 rings (SSSR count). The summed E-state index contributed by atoms with van der Waals surface area (Å²) >= 11 is 0. The first-order valence-corrected chi connectivity index (χ1v) is 6.98. The van der Waals surface area contributed by atoms with Crippen molar-refractivity contribution in [3.8, 4) is 11.5 Å². The minimum Gasteiger partial charge on any atom is -0.508 e. The predicted molar refractivity (Wildman–Crippen MR) is 75.2 cm³/mol. The summed E-state index contributed by atoms with van der Waals surface area (Å²) in [4.78, 5) is 0. The third-order valence-electron chi connectivity index (χ3n) is 3.74. The fourth-order valence-electron chi connectivity index (χ4n) is 2.46. The van der Waals surface area contributed by atoms with E-state index in [-0.39, 0.29) is 18.0 Å². The van der Waals surface area contributed by atoms with Crippen LogP contribution in [0.25, 0.3) is 0 Å². The quantitative estimate of drug-likeness (QED) is 0.332. The van der Waals surface area contributed by atoms with Crippen LogP contribution >= 0.6 is 0 Å². The van der Waals surface area contributed by atoms with Crippen molar-refractivity contribution in [1.29, 1.82) is 0 Å². The Hall–Kier alpha value is -1.42. The van der Waals surface area contributed by atoms with Crippen molar-refractivity contribution in [2.24, 2.45) is 0 Å². The minimum atomic E-state index is -1.37. The maximum absolute atomic E-state index is 9.95. The Bertz CT molecular complexity index is 498. The summed E-state index contributed by atoms with van der Waals surface area (Å²) in [6.07, 6.45) is -4.64. The molecule has 0 aromatic heterocycles. The molecule has 0 aliphatic carbocycles. The van der Waals surface area contributed by atoms with Crippen LogP contribution in [-0.2, 0) is 11.2 Å². The Morgan fingerprint density at radius 3 is 2.45 bits per heavy atom. The van der Waals surface area contributed by atoms with E-state index in [1.165, 1.54) is 12.1 Å². The van der Waals surface area contributed by atoms with Gasteiger partial charge in [0.2, 0.25) is 0 Å². The van der Waals surface area contributed by atoms with Gasteiger partial charge in [-0.2, -0.15) is 0 Å². The Morgan fingerprint density at radius 2 is 1.82 bits per heavy atom. The van der Waals surface area contributed by atoms with E-state index in [0.29, 0.717) is 12.0 Å². The first-order chi connectivity index (χ1) is 10.4. The number of benzene rings is 1. The zero-order valence-corrected chi connectivity index (χ0v) is 11.8. The summed E-state index contributed by atoms with van der Waals surface area (Å²) in [6, 6.07) is 3.31. The van der Waals surface area contributed by atoms with Gasteiger partial charge in [0.15, 0.2) is 6.29 Å². The number of phenols is 2. The first kappa shape index (κ1) is 16.9. The Labute approximate surface area is 127 Å². The van der Waals surface area contributed by atoms with E-state index >= 15 is 0 Å². The molecule has 7 N–H and O–H groups in total. The highest BCUT2D eigenvalue weighted by Gasteiger charge is 2.43. The molecule has 0 bridgehead atoms. The van der Waals surface area contributed by atoms with E-state index in [0.717, 1.165) is 0 Å². The summed E-state index contributed by atoms with van der Waals surface area (Å²) in [7, 11) is 0. The summed E-state index contributed by atoms with van der Waals surface area (Å²) in [5.41, 5.74) is 0.583. The molecule has 1 aliphatic rings. The third-order valence-corrected chi connectivity index (χ3v) is 3.74. The maximum atomic E-state index is 9.95. The average molecular weight is 315 g/mol. The van der Waals surface area contributed by atoms with E-state index in [9.17, 15) is 25.5 Å². The van der Waals surface area contributed by atoms with Gasteiger partial charge in [0.25, 0.3) is 0 Å². The summed E-state index contributed by atoms with van der Waals surface area (Å²) in [6.45, 7) is -0.222. The van der Waals surface area contributed by atoms with Gasteiger partial charge in [-0.15, -0.1) is 0 Å². The van der Waals surface area contributed by atoms with Crippen molar-refractivity contribution in [3.63, 3.8) is 0 Å². The van der Waals surface area contributed by atoms with E-state index in [2.05, 4.69) is 5.32 Å². The largest absolute Gasteiger partial charge is 0.508 e. The molecule has 1 heterocycles. The maximum Gasteiger partial charge on any atom is 0.173 e. The fraction of sp³-hybridized carbons (Fsp3) is 0.571. The van der Waals surface area contributed by atoms with Crippen LogP contribution in [0.4, 0.5) is 0 Å². The lowest BCUT2D eigenvalue weighted by atomic mass is 9.97. The fourth-order valence-corrected chi connectivity index (χ4v) is 2.46. The monoisotopic (exact) mass is 315 g/mol. The van der Waals surface area contributed by atoms with Crippen LogP contribution in [0.1, 0.15) is 5.56 Å². The van der Waals surface area contributed by atoms with Gasteiger partial charge in [-0.25, -0.2) is 0 Å². The molecule has 1 aromatic carbocycles. The van der Waals surface area contributed by atoms with Crippen LogP contribution in [0.5, 0.6) is 11.5 Å². The van der Waals surface area contributed by atoms with Gasteiger partial charge in [0, 0.05) is 6.07 Å². The SMILES string of the molecule is OC[C@H]1OC(O)[C@@H](NCCc2ccc(O)cc2O)[C@@H](O)[C@@H]1O. The van der Waals surface area contributed by atoms with Crippen molar-refractivity contribution < 1.29 is 35.4 Å². The number of aromatic hydroxyl groups is 2. The van der Waals surface area contributed by atoms with Crippen molar-refractivity contribution in [2.75, 3.05) is 13.2 Å².